The molecule has 1 aliphatic heterocycles. The van der Waals surface area contributed by atoms with Gasteiger partial charge in [0.1, 0.15) is 10.6 Å². The zero-order valence-electron chi connectivity index (χ0n) is 15.8. The largest absolute Gasteiger partial charge is 0.336 e. The normalized spacial score (nSPS) is 15.4. The van der Waals surface area contributed by atoms with Gasteiger partial charge in [-0.25, -0.2) is 8.42 Å². The third-order valence-corrected chi connectivity index (χ3v) is 6.68. The van der Waals surface area contributed by atoms with Crippen molar-refractivity contribution < 1.29 is 13.2 Å². The van der Waals surface area contributed by atoms with Crippen molar-refractivity contribution in [2.24, 2.45) is 7.05 Å². The lowest BCUT2D eigenvalue weighted by Gasteiger charge is -2.33. The topological polar surface area (TPSA) is 101 Å². The second kappa shape index (κ2) is 7.72. The molecule has 0 N–H and O–H groups in total. The fourth-order valence-electron chi connectivity index (χ4n) is 3.30. The molecule has 4 heterocycles. The van der Waals surface area contributed by atoms with Gasteiger partial charge in [-0.1, -0.05) is 0 Å². The number of carbonyl (C=O) groups is 1. The molecule has 9 nitrogen and oxygen atoms in total. The van der Waals surface area contributed by atoms with Crippen molar-refractivity contribution in [3.05, 3.63) is 60.8 Å². The third-order valence-electron chi connectivity index (χ3n) is 4.78. The lowest BCUT2D eigenvalue weighted by atomic mass is 10.2. The van der Waals surface area contributed by atoms with E-state index >= 15 is 0 Å². The van der Waals surface area contributed by atoms with Crippen molar-refractivity contribution in [1.29, 1.82) is 0 Å². The predicted molar refractivity (Wildman–Crippen MR) is 105 cm³/mol. The molecule has 1 amide bonds. The summed E-state index contributed by atoms with van der Waals surface area (Å²) < 4.78 is 29.4. The molecule has 4 rings (SSSR count). The second-order valence-electron chi connectivity index (χ2n) is 6.70. The molecule has 0 spiro atoms. The van der Waals surface area contributed by atoms with E-state index in [4.69, 9.17) is 0 Å². The van der Waals surface area contributed by atoms with E-state index < -0.39 is 10.0 Å². The van der Waals surface area contributed by atoms with Gasteiger partial charge in [0.15, 0.2) is 0 Å². The molecule has 1 saturated heterocycles. The standard InChI is InChI=1S/C19H20N6O3S/c1-23-14-17(18(22-23)15-4-2-6-20-12-15)29(27,28)25-10-8-24(9-11-25)19(26)16-5-3-7-21-13-16/h2-7,12-14H,8-11H2,1H3. The molecule has 1 aliphatic rings. The van der Waals surface area contributed by atoms with E-state index in [0.717, 1.165) is 0 Å². The van der Waals surface area contributed by atoms with Gasteiger partial charge in [0, 0.05) is 69.8 Å². The minimum Gasteiger partial charge on any atom is -0.336 e. The van der Waals surface area contributed by atoms with Gasteiger partial charge < -0.3 is 4.90 Å². The first-order valence-corrected chi connectivity index (χ1v) is 10.5. The summed E-state index contributed by atoms with van der Waals surface area (Å²) in [5.74, 6) is -0.146. The van der Waals surface area contributed by atoms with Gasteiger partial charge in [0.05, 0.1) is 5.56 Å². The molecular weight excluding hydrogens is 392 g/mol. The van der Waals surface area contributed by atoms with Crippen LogP contribution in [0.1, 0.15) is 10.4 Å². The third kappa shape index (κ3) is 3.76. The van der Waals surface area contributed by atoms with Gasteiger partial charge >= 0.3 is 0 Å². The molecule has 1 fully saturated rings. The summed E-state index contributed by atoms with van der Waals surface area (Å²) in [7, 11) is -2.08. The Balaban J connectivity index is 1.54. The lowest BCUT2D eigenvalue weighted by molar-refractivity contribution is 0.0697. The molecule has 10 heteroatoms. The van der Waals surface area contributed by atoms with E-state index in [1.54, 1.807) is 54.8 Å². The zero-order chi connectivity index (χ0) is 20.4. The molecule has 3 aromatic heterocycles. The molecule has 29 heavy (non-hydrogen) atoms. The van der Waals surface area contributed by atoms with Crippen LogP contribution in [0.25, 0.3) is 11.3 Å². The van der Waals surface area contributed by atoms with Crippen LogP contribution in [0.15, 0.2) is 60.1 Å². The molecule has 3 aromatic rings. The Morgan fingerprint density at radius 2 is 1.69 bits per heavy atom. The van der Waals surface area contributed by atoms with E-state index in [9.17, 15) is 13.2 Å². The van der Waals surface area contributed by atoms with Crippen molar-refractivity contribution in [2.75, 3.05) is 26.2 Å². The number of hydrogen-bond donors (Lipinski definition) is 0. The van der Waals surface area contributed by atoms with E-state index in [-0.39, 0.29) is 23.9 Å². The number of amides is 1. The minimum atomic E-state index is -3.76. The smallest absolute Gasteiger partial charge is 0.255 e. The van der Waals surface area contributed by atoms with Crippen LogP contribution in [0, 0.1) is 0 Å². The van der Waals surface area contributed by atoms with Crippen LogP contribution in [0.3, 0.4) is 0 Å². The summed E-state index contributed by atoms with van der Waals surface area (Å²) in [6, 6.07) is 6.92. The van der Waals surface area contributed by atoms with Crippen LogP contribution < -0.4 is 0 Å². The van der Waals surface area contributed by atoms with Gasteiger partial charge in [-0.15, -0.1) is 0 Å². The first-order chi connectivity index (χ1) is 14.0. The Bertz CT molecular complexity index is 1110. The number of piperazine rings is 1. The van der Waals surface area contributed by atoms with Crippen molar-refractivity contribution in [3.8, 4) is 11.3 Å². The van der Waals surface area contributed by atoms with Crippen LogP contribution in [0.2, 0.25) is 0 Å². The highest BCUT2D eigenvalue weighted by atomic mass is 32.2. The highest BCUT2D eigenvalue weighted by molar-refractivity contribution is 7.89. The van der Waals surface area contributed by atoms with E-state index in [0.29, 0.717) is 29.9 Å². The fourth-order valence-corrected chi connectivity index (χ4v) is 4.91. The number of hydrogen-bond acceptors (Lipinski definition) is 6. The van der Waals surface area contributed by atoms with Crippen LogP contribution >= 0.6 is 0 Å². The van der Waals surface area contributed by atoms with Gasteiger partial charge in [0.25, 0.3) is 5.91 Å². The number of pyridine rings is 2. The van der Waals surface area contributed by atoms with Gasteiger partial charge in [-0.05, 0) is 24.3 Å². The maximum absolute atomic E-state index is 13.3. The maximum atomic E-state index is 13.3. The van der Waals surface area contributed by atoms with Crippen LogP contribution in [0.5, 0.6) is 0 Å². The summed E-state index contributed by atoms with van der Waals surface area (Å²) in [5.41, 5.74) is 1.50. The summed E-state index contributed by atoms with van der Waals surface area (Å²) in [6.07, 6.45) is 7.84. The Morgan fingerprint density at radius 3 is 2.31 bits per heavy atom. The number of aromatic nitrogens is 4. The number of aryl methyl sites for hydroxylation is 1. The molecule has 0 unspecified atom stereocenters. The molecule has 150 valence electrons. The monoisotopic (exact) mass is 412 g/mol. The first-order valence-electron chi connectivity index (χ1n) is 9.10. The van der Waals surface area contributed by atoms with Crippen LogP contribution in [-0.4, -0.2) is 69.5 Å². The molecule has 0 bridgehead atoms. The van der Waals surface area contributed by atoms with Crippen LogP contribution in [0.4, 0.5) is 0 Å². The van der Waals surface area contributed by atoms with Crippen molar-refractivity contribution >= 4 is 15.9 Å². The van der Waals surface area contributed by atoms with Crippen molar-refractivity contribution in [1.82, 2.24) is 29.0 Å². The molecule has 0 saturated carbocycles. The maximum Gasteiger partial charge on any atom is 0.255 e. The molecule has 0 radical (unpaired) electrons. The van der Waals surface area contributed by atoms with Gasteiger partial charge in [0.2, 0.25) is 10.0 Å². The minimum absolute atomic E-state index is 0.139. The lowest BCUT2D eigenvalue weighted by Crippen LogP contribution is -2.50. The SMILES string of the molecule is Cn1cc(S(=O)(=O)N2CCN(C(=O)c3cccnc3)CC2)c(-c2cccnc2)n1. The van der Waals surface area contributed by atoms with E-state index in [1.165, 1.54) is 21.4 Å². The Hall–Kier alpha value is -3.11. The Labute approximate surface area is 168 Å². The zero-order valence-corrected chi connectivity index (χ0v) is 16.7. The summed E-state index contributed by atoms with van der Waals surface area (Å²) in [6.45, 7) is 1.07. The number of carbonyl (C=O) groups excluding carboxylic acids is 1. The predicted octanol–water partition coefficient (Wildman–Crippen LogP) is 1.02. The van der Waals surface area contributed by atoms with E-state index in [2.05, 4.69) is 15.1 Å². The average molecular weight is 412 g/mol. The summed E-state index contributed by atoms with van der Waals surface area (Å²) >= 11 is 0. The van der Waals surface area contributed by atoms with Gasteiger partial charge in [-0.3, -0.25) is 19.4 Å². The number of nitrogens with zero attached hydrogens (tertiary/aromatic N) is 6. The highest BCUT2D eigenvalue weighted by Crippen LogP contribution is 2.28. The number of sulfonamides is 1. The van der Waals surface area contributed by atoms with Gasteiger partial charge in [-0.2, -0.15) is 9.40 Å². The molecule has 0 atom stereocenters. The number of rotatable bonds is 4. The van der Waals surface area contributed by atoms with Crippen LogP contribution in [-0.2, 0) is 17.1 Å². The quantitative estimate of drug-likeness (QED) is 0.634. The summed E-state index contributed by atoms with van der Waals surface area (Å²) in [4.78, 5) is 22.4. The highest BCUT2D eigenvalue weighted by Gasteiger charge is 2.33. The van der Waals surface area contributed by atoms with Crippen molar-refractivity contribution in [2.45, 2.75) is 4.90 Å². The van der Waals surface area contributed by atoms with E-state index in [1.807, 2.05) is 0 Å². The van der Waals surface area contributed by atoms with Crippen molar-refractivity contribution in [3.63, 3.8) is 0 Å². The molecular formula is C19H20N6O3S. The first kappa shape index (κ1) is 19.2. The molecule has 0 aromatic carbocycles. The fraction of sp³-hybridized carbons (Fsp3) is 0.263. The Kier molecular flexibility index (Phi) is 5.12. The average Bonchev–Trinajstić information content (AvgIpc) is 3.17. The molecule has 0 aliphatic carbocycles. The Morgan fingerprint density at radius 1 is 1.00 bits per heavy atom. The summed E-state index contributed by atoms with van der Waals surface area (Å²) in [5, 5.41) is 4.32. The second-order valence-corrected chi connectivity index (χ2v) is 8.60.